The normalized spacial score (nSPS) is 12.9. The molecule has 0 spiro atoms. The summed E-state index contributed by atoms with van der Waals surface area (Å²) in [6.45, 7) is 1.72. The number of aliphatic carboxylic acids is 1. The van der Waals surface area contributed by atoms with Crippen molar-refractivity contribution in [1.82, 2.24) is 24.7 Å². The van der Waals surface area contributed by atoms with Crippen LogP contribution in [-0.2, 0) is 11.2 Å². The maximum absolute atomic E-state index is 12.8. The number of aromatic amines is 1. The molecular weight excluding hydrogens is 516 g/mol. The Kier molecular flexibility index (Phi) is 8.74. The Morgan fingerprint density at radius 2 is 1.93 bits per heavy atom. The van der Waals surface area contributed by atoms with Gasteiger partial charge in [-0.1, -0.05) is 0 Å². The fraction of sp³-hybridized carbons (Fsp3) is 0.259. The van der Waals surface area contributed by atoms with Crippen LogP contribution in [0.25, 0.3) is 5.95 Å². The van der Waals surface area contributed by atoms with Gasteiger partial charge in [-0.3, -0.25) is 15.2 Å². The van der Waals surface area contributed by atoms with E-state index < -0.39 is 17.7 Å². The molecule has 2 aromatic heterocycles. The van der Waals surface area contributed by atoms with Gasteiger partial charge in [0.2, 0.25) is 0 Å². The Bertz CT molecular complexity index is 1530. The van der Waals surface area contributed by atoms with Gasteiger partial charge in [-0.15, -0.1) is 9.78 Å². The van der Waals surface area contributed by atoms with Gasteiger partial charge >= 0.3 is 5.69 Å². The highest BCUT2D eigenvalue weighted by atomic mass is 16.5. The predicted octanol–water partition coefficient (Wildman–Crippen LogP) is 2.65. The van der Waals surface area contributed by atoms with Gasteiger partial charge < -0.3 is 25.6 Å². The van der Waals surface area contributed by atoms with Crippen LogP contribution in [-0.4, -0.2) is 55.4 Å². The standard InChI is InChI=1S/C25H26N8O3.C2H4O2/c1-35-19-14-17(13-16-5-2-3-12-36-21(16)19)20(30-18-8-6-15(7-9-18)22(26)27)23-31-25(34)33(32-23)24-28-10-4-11-29-24;1-2(3)4/h4,6-11,13-14,20,30H,2-3,5,12H2,1H3,(H3,26,27)(H,31,32,34);1H3,(H,3,4). The molecule has 1 aliphatic heterocycles. The van der Waals surface area contributed by atoms with Crippen LogP contribution in [0.15, 0.2) is 59.7 Å². The first-order chi connectivity index (χ1) is 19.3. The summed E-state index contributed by atoms with van der Waals surface area (Å²) >= 11 is 0. The Morgan fingerprint density at radius 3 is 2.58 bits per heavy atom. The summed E-state index contributed by atoms with van der Waals surface area (Å²) in [5.41, 5.74) is 8.38. The molecule has 0 saturated carbocycles. The Balaban J connectivity index is 0.000000867. The van der Waals surface area contributed by atoms with E-state index in [0.717, 1.165) is 53.4 Å². The Morgan fingerprint density at radius 1 is 1.23 bits per heavy atom. The maximum Gasteiger partial charge on any atom is 0.350 e. The molecule has 208 valence electrons. The second kappa shape index (κ2) is 12.6. The van der Waals surface area contributed by atoms with Crippen LogP contribution in [0.5, 0.6) is 11.5 Å². The minimum absolute atomic E-state index is 0.0143. The number of nitrogen functional groups attached to an aromatic ring is 1. The molecule has 0 amide bonds. The number of rotatable bonds is 7. The molecule has 1 atom stereocenters. The summed E-state index contributed by atoms with van der Waals surface area (Å²) in [4.78, 5) is 32.9. The largest absolute Gasteiger partial charge is 0.493 e. The Labute approximate surface area is 229 Å². The number of aryl methyl sites for hydroxylation is 1. The molecule has 40 heavy (non-hydrogen) atoms. The van der Waals surface area contributed by atoms with E-state index in [1.54, 1.807) is 37.7 Å². The zero-order chi connectivity index (χ0) is 28.6. The molecule has 3 heterocycles. The second-order valence-corrected chi connectivity index (χ2v) is 8.88. The van der Waals surface area contributed by atoms with Crippen molar-refractivity contribution in [1.29, 1.82) is 5.41 Å². The van der Waals surface area contributed by atoms with E-state index in [-0.39, 0.29) is 11.8 Å². The molecule has 0 fully saturated rings. The summed E-state index contributed by atoms with van der Waals surface area (Å²) in [6, 6.07) is 12.2. The summed E-state index contributed by atoms with van der Waals surface area (Å²) < 4.78 is 12.8. The molecular formula is C27H30N8O5. The number of anilines is 1. The van der Waals surface area contributed by atoms with Crippen LogP contribution in [0.4, 0.5) is 5.69 Å². The number of methoxy groups -OCH3 is 1. The van der Waals surface area contributed by atoms with Crippen molar-refractivity contribution in [3.05, 3.63) is 87.9 Å². The molecule has 13 heteroatoms. The van der Waals surface area contributed by atoms with Crippen molar-refractivity contribution in [2.45, 2.75) is 32.2 Å². The van der Waals surface area contributed by atoms with Gasteiger partial charge in [0.25, 0.3) is 11.9 Å². The monoisotopic (exact) mass is 546 g/mol. The number of carboxylic acid groups (broad SMARTS) is 1. The van der Waals surface area contributed by atoms with E-state index >= 15 is 0 Å². The number of ether oxygens (including phenoxy) is 2. The minimum atomic E-state index is -0.833. The number of nitrogens with one attached hydrogen (secondary N) is 3. The van der Waals surface area contributed by atoms with Gasteiger partial charge in [-0.25, -0.2) is 14.8 Å². The smallest absolute Gasteiger partial charge is 0.350 e. The molecule has 0 radical (unpaired) electrons. The number of aromatic nitrogens is 5. The number of carbonyl (C=O) groups is 1. The van der Waals surface area contributed by atoms with Gasteiger partial charge in [0.15, 0.2) is 17.3 Å². The van der Waals surface area contributed by atoms with Crippen molar-refractivity contribution < 1.29 is 19.4 Å². The lowest BCUT2D eigenvalue weighted by Crippen LogP contribution is -2.18. The third-order valence-corrected chi connectivity index (χ3v) is 5.95. The van der Waals surface area contributed by atoms with Crippen LogP contribution < -0.4 is 26.2 Å². The maximum atomic E-state index is 12.8. The van der Waals surface area contributed by atoms with Crippen molar-refractivity contribution in [2.24, 2.45) is 5.73 Å². The van der Waals surface area contributed by atoms with Gasteiger partial charge in [0, 0.05) is 30.6 Å². The fourth-order valence-corrected chi connectivity index (χ4v) is 4.17. The number of carboxylic acids is 1. The summed E-state index contributed by atoms with van der Waals surface area (Å²) in [5.74, 6) is 1.07. The quantitative estimate of drug-likeness (QED) is 0.170. The molecule has 0 saturated heterocycles. The van der Waals surface area contributed by atoms with Gasteiger partial charge in [-0.2, -0.15) is 0 Å². The Hall–Kier alpha value is -5.20. The lowest BCUT2D eigenvalue weighted by Gasteiger charge is -2.21. The van der Waals surface area contributed by atoms with E-state index in [1.165, 1.54) is 0 Å². The fourth-order valence-electron chi connectivity index (χ4n) is 4.17. The van der Waals surface area contributed by atoms with Gasteiger partial charge in [0.05, 0.1) is 13.7 Å². The minimum Gasteiger partial charge on any atom is -0.493 e. The molecule has 1 unspecified atom stereocenters. The lowest BCUT2D eigenvalue weighted by atomic mass is 9.98. The molecule has 0 aliphatic carbocycles. The summed E-state index contributed by atoms with van der Waals surface area (Å²) in [6.07, 6.45) is 5.91. The van der Waals surface area contributed by atoms with Crippen LogP contribution in [0.1, 0.15) is 48.3 Å². The van der Waals surface area contributed by atoms with Gasteiger partial charge in [-0.05, 0) is 72.9 Å². The number of amidine groups is 1. The first-order valence-corrected chi connectivity index (χ1v) is 12.5. The van der Waals surface area contributed by atoms with E-state index in [2.05, 4.69) is 31.4 Å². The molecule has 2 aromatic carbocycles. The van der Waals surface area contributed by atoms with Crippen LogP contribution in [0, 0.1) is 5.41 Å². The number of hydrogen-bond acceptors (Lipinski definition) is 9. The number of fused-ring (bicyclic) bond motifs is 1. The average molecular weight is 547 g/mol. The van der Waals surface area contributed by atoms with Crippen LogP contribution >= 0.6 is 0 Å². The molecule has 13 nitrogen and oxygen atoms in total. The van der Waals surface area contributed by atoms with Crippen LogP contribution in [0.2, 0.25) is 0 Å². The number of hydrogen-bond donors (Lipinski definition) is 5. The highest BCUT2D eigenvalue weighted by Gasteiger charge is 2.25. The first-order valence-electron chi connectivity index (χ1n) is 12.5. The van der Waals surface area contributed by atoms with Gasteiger partial charge in [0.1, 0.15) is 11.9 Å². The number of nitrogens with zero attached hydrogens (tertiary/aromatic N) is 4. The number of benzene rings is 2. The van der Waals surface area contributed by atoms with E-state index in [4.69, 9.17) is 30.5 Å². The molecule has 1 aliphatic rings. The van der Waals surface area contributed by atoms with E-state index in [1.807, 2.05) is 18.2 Å². The molecule has 4 aromatic rings. The first kappa shape index (κ1) is 27.8. The number of H-pyrrole nitrogens is 1. The second-order valence-electron chi connectivity index (χ2n) is 8.88. The average Bonchev–Trinajstić information content (AvgIpc) is 3.16. The topological polar surface area (TPSA) is 194 Å². The molecule has 5 rings (SSSR count). The highest BCUT2D eigenvalue weighted by molar-refractivity contribution is 5.95. The van der Waals surface area contributed by atoms with Crippen molar-refractivity contribution in [3.63, 3.8) is 0 Å². The summed E-state index contributed by atoms with van der Waals surface area (Å²) in [7, 11) is 1.61. The SMILES string of the molecule is CC(=O)O.COc1cc(C(Nc2ccc(C(=N)N)cc2)c2nn(-c3ncccn3)c(=O)[nH]2)cc2c1OCCCC2. The molecule has 6 N–H and O–H groups in total. The number of nitrogens with two attached hydrogens (primary N) is 1. The zero-order valence-corrected chi connectivity index (χ0v) is 22.0. The predicted molar refractivity (Wildman–Crippen MR) is 147 cm³/mol. The highest BCUT2D eigenvalue weighted by Crippen LogP contribution is 2.38. The third-order valence-electron chi connectivity index (χ3n) is 5.95. The zero-order valence-electron chi connectivity index (χ0n) is 22.0. The van der Waals surface area contributed by atoms with Crippen molar-refractivity contribution in [3.8, 4) is 17.4 Å². The third kappa shape index (κ3) is 6.62. The van der Waals surface area contributed by atoms with Crippen LogP contribution in [0.3, 0.4) is 0 Å². The summed E-state index contributed by atoms with van der Waals surface area (Å²) in [5, 5.41) is 23.0. The van der Waals surface area contributed by atoms with E-state index in [9.17, 15) is 4.79 Å². The van der Waals surface area contributed by atoms with E-state index in [0.29, 0.717) is 23.7 Å². The van der Waals surface area contributed by atoms with Crippen molar-refractivity contribution in [2.75, 3.05) is 19.0 Å². The van der Waals surface area contributed by atoms with Crippen molar-refractivity contribution >= 4 is 17.5 Å². The lowest BCUT2D eigenvalue weighted by molar-refractivity contribution is -0.134. The molecule has 0 bridgehead atoms.